The number of hydrogen-bond donors (Lipinski definition) is 1. The SMILES string of the molecule is Cc1ccc(SCC(=O)Nc2sc3c(c2C#N)CCCC3)c(C)c1. The Kier molecular flexibility index (Phi) is 5.27. The van der Waals surface area contributed by atoms with Crippen LogP contribution in [0.25, 0.3) is 0 Å². The van der Waals surface area contributed by atoms with E-state index in [4.69, 9.17) is 0 Å². The van der Waals surface area contributed by atoms with Gasteiger partial charge in [-0.25, -0.2) is 0 Å². The number of nitriles is 1. The van der Waals surface area contributed by atoms with Gasteiger partial charge in [0.15, 0.2) is 0 Å². The largest absolute Gasteiger partial charge is 0.316 e. The lowest BCUT2D eigenvalue weighted by Gasteiger charge is -2.09. The molecule has 1 aromatic heterocycles. The maximum absolute atomic E-state index is 12.3. The molecule has 0 atom stereocenters. The molecule has 1 aromatic carbocycles. The molecule has 0 radical (unpaired) electrons. The first-order valence-electron chi connectivity index (χ1n) is 8.13. The molecule has 0 fully saturated rings. The van der Waals surface area contributed by atoms with Gasteiger partial charge in [-0.2, -0.15) is 5.26 Å². The van der Waals surface area contributed by atoms with E-state index in [9.17, 15) is 10.1 Å². The molecule has 0 aliphatic heterocycles. The molecule has 0 spiro atoms. The molecule has 0 saturated carbocycles. The van der Waals surface area contributed by atoms with Gasteiger partial charge in [0.05, 0.1) is 11.3 Å². The highest BCUT2D eigenvalue weighted by atomic mass is 32.2. The molecular formula is C19H20N2OS2. The summed E-state index contributed by atoms with van der Waals surface area (Å²) in [5.41, 5.74) is 4.26. The Balaban J connectivity index is 1.67. The molecule has 1 aliphatic carbocycles. The van der Waals surface area contributed by atoms with Gasteiger partial charge in [0.25, 0.3) is 0 Å². The second-order valence-corrected chi connectivity index (χ2v) is 8.25. The van der Waals surface area contributed by atoms with Crippen LogP contribution >= 0.6 is 23.1 Å². The van der Waals surface area contributed by atoms with Crippen molar-refractivity contribution in [3.05, 3.63) is 45.3 Å². The van der Waals surface area contributed by atoms with Gasteiger partial charge in [0.1, 0.15) is 11.1 Å². The summed E-state index contributed by atoms with van der Waals surface area (Å²) in [5, 5.41) is 13.1. The number of carbonyl (C=O) groups excluding carboxylic acids is 1. The van der Waals surface area contributed by atoms with Gasteiger partial charge in [-0.05, 0) is 56.7 Å². The average Bonchev–Trinajstić information content (AvgIpc) is 2.90. The highest BCUT2D eigenvalue weighted by Crippen LogP contribution is 2.37. The maximum atomic E-state index is 12.3. The van der Waals surface area contributed by atoms with Crippen molar-refractivity contribution in [2.24, 2.45) is 0 Å². The molecule has 3 rings (SSSR count). The predicted octanol–water partition coefficient (Wildman–Crippen LogP) is 4.85. The van der Waals surface area contributed by atoms with E-state index in [2.05, 4.69) is 43.4 Å². The number of anilines is 1. The fraction of sp³-hybridized carbons (Fsp3) is 0.368. The zero-order valence-electron chi connectivity index (χ0n) is 13.9. The van der Waals surface area contributed by atoms with E-state index in [-0.39, 0.29) is 5.91 Å². The number of fused-ring (bicyclic) bond motifs is 1. The van der Waals surface area contributed by atoms with Gasteiger partial charge in [-0.15, -0.1) is 23.1 Å². The van der Waals surface area contributed by atoms with Crippen molar-refractivity contribution in [1.82, 2.24) is 0 Å². The Morgan fingerprint density at radius 2 is 2.12 bits per heavy atom. The van der Waals surface area contributed by atoms with Crippen LogP contribution < -0.4 is 5.32 Å². The Morgan fingerprint density at radius 3 is 2.88 bits per heavy atom. The molecule has 0 saturated heterocycles. The van der Waals surface area contributed by atoms with Crippen LogP contribution in [0.4, 0.5) is 5.00 Å². The molecule has 3 nitrogen and oxygen atoms in total. The molecule has 1 N–H and O–H groups in total. The third kappa shape index (κ3) is 3.66. The Morgan fingerprint density at radius 1 is 1.33 bits per heavy atom. The monoisotopic (exact) mass is 356 g/mol. The molecule has 1 amide bonds. The quantitative estimate of drug-likeness (QED) is 0.797. The van der Waals surface area contributed by atoms with Crippen molar-refractivity contribution in [3.8, 4) is 6.07 Å². The van der Waals surface area contributed by atoms with E-state index in [1.165, 1.54) is 22.4 Å². The topological polar surface area (TPSA) is 52.9 Å². The summed E-state index contributed by atoms with van der Waals surface area (Å²) < 4.78 is 0. The fourth-order valence-electron chi connectivity index (χ4n) is 3.04. The van der Waals surface area contributed by atoms with Crippen molar-refractivity contribution in [3.63, 3.8) is 0 Å². The lowest BCUT2D eigenvalue weighted by Crippen LogP contribution is -2.14. The van der Waals surface area contributed by atoms with Crippen molar-refractivity contribution in [2.75, 3.05) is 11.1 Å². The average molecular weight is 357 g/mol. The second-order valence-electron chi connectivity index (χ2n) is 6.13. The minimum atomic E-state index is -0.0462. The third-order valence-electron chi connectivity index (χ3n) is 4.23. The number of nitrogens with one attached hydrogen (secondary N) is 1. The van der Waals surface area contributed by atoms with Crippen LogP contribution in [0.3, 0.4) is 0 Å². The first kappa shape index (κ1) is 17.1. The number of amides is 1. The van der Waals surface area contributed by atoms with Crippen LogP contribution in [0, 0.1) is 25.2 Å². The Labute approximate surface area is 151 Å². The van der Waals surface area contributed by atoms with Crippen molar-refractivity contribution in [2.45, 2.75) is 44.4 Å². The highest BCUT2D eigenvalue weighted by molar-refractivity contribution is 8.00. The number of carbonyl (C=O) groups is 1. The van der Waals surface area contributed by atoms with Crippen molar-refractivity contribution >= 4 is 34.0 Å². The molecule has 1 aliphatic rings. The molecule has 5 heteroatoms. The molecule has 2 aromatic rings. The first-order valence-corrected chi connectivity index (χ1v) is 9.93. The van der Waals surface area contributed by atoms with Crippen molar-refractivity contribution in [1.29, 1.82) is 5.26 Å². The summed E-state index contributed by atoms with van der Waals surface area (Å²) in [6, 6.07) is 8.54. The van der Waals surface area contributed by atoms with Crippen LogP contribution in [0.1, 0.15) is 40.0 Å². The molecule has 124 valence electrons. The lowest BCUT2D eigenvalue weighted by atomic mass is 9.96. The van der Waals surface area contributed by atoms with Crippen LogP contribution in [-0.4, -0.2) is 11.7 Å². The third-order valence-corrected chi connectivity index (χ3v) is 6.61. The zero-order valence-corrected chi connectivity index (χ0v) is 15.6. The Hall–Kier alpha value is -1.77. The smallest absolute Gasteiger partial charge is 0.235 e. The summed E-state index contributed by atoms with van der Waals surface area (Å²) in [5.74, 6) is 0.312. The summed E-state index contributed by atoms with van der Waals surface area (Å²) in [6.45, 7) is 4.13. The summed E-state index contributed by atoms with van der Waals surface area (Å²) in [6.07, 6.45) is 4.30. The van der Waals surface area contributed by atoms with Gasteiger partial charge in [-0.3, -0.25) is 4.79 Å². The predicted molar refractivity (Wildman–Crippen MR) is 101 cm³/mol. The summed E-state index contributed by atoms with van der Waals surface area (Å²) >= 11 is 3.12. The molecule has 0 bridgehead atoms. The van der Waals surface area contributed by atoms with Crippen LogP contribution in [0.2, 0.25) is 0 Å². The van der Waals surface area contributed by atoms with Crippen LogP contribution in [0.15, 0.2) is 23.1 Å². The fourth-order valence-corrected chi connectivity index (χ4v) is 5.11. The number of hydrogen-bond acceptors (Lipinski definition) is 4. The van der Waals surface area contributed by atoms with E-state index >= 15 is 0 Å². The van der Waals surface area contributed by atoms with E-state index in [0.29, 0.717) is 11.3 Å². The van der Waals surface area contributed by atoms with Crippen LogP contribution in [-0.2, 0) is 17.6 Å². The minimum Gasteiger partial charge on any atom is -0.316 e. The summed E-state index contributed by atoms with van der Waals surface area (Å²) in [7, 11) is 0. The van der Waals surface area contributed by atoms with Gasteiger partial charge in [-0.1, -0.05) is 17.7 Å². The van der Waals surface area contributed by atoms with Crippen LogP contribution in [0.5, 0.6) is 0 Å². The molecule has 0 unspecified atom stereocenters. The molecular weight excluding hydrogens is 336 g/mol. The van der Waals surface area contributed by atoms with Crippen molar-refractivity contribution < 1.29 is 4.79 Å². The highest BCUT2D eigenvalue weighted by Gasteiger charge is 2.21. The van der Waals surface area contributed by atoms with E-state index in [1.807, 2.05) is 0 Å². The number of benzene rings is 1. The normalized spacial score (nSPS) is 13.2. The number of nitrogens with zero attached hydrogens (tertiary/aromatic N) is 1. The molecule has 24 heavy (non-hydrogen) atoms. The first-order chi connectivity index (χ1) is 11.6. The number of thiophene rings is 1. The zero-order chi connectivity index (χ0) is 17.1. The number of rotatable bonds is 4. The number of thioether (sulfide) groups is 1. The maximum Gasteiger partial charge on any atom is 0.235 e. The number of aryl methyl sites for hydroxylation is 3. The van der Waals surface area contributed by atoms with Gasteiger partial charge in [0.2, 0.25) is 5.91 Å². The van der Waals surface area contributed by atoms with Gasteiger partial charge < -0.3 is 5.32 Å². The van der Waals surface area contributed by atoms with E-state index < -0.39 is 0 Å². The summed E-state index contributed by atoms with van der Waals surface area (Å²) in [4.78, 5) is 14.7. The van der Waals surface area contributed by atoms with Gasteiger partial charge in [0, 0.05) is 9.77 Å². The van der Waals surface area contributed by atoms with Gasteiger partial charge >= 0.3 is 0 Å². The standard InChI is InChI=1S/C19H20N2OS2/c1-12-7-8-16(13(2)9-12)23-11-18(22)21-19-15(10-20)14-5-3-4-6-17(14)24-19/h7-9H,3-6,11H2,1-2H3,(H,21,22). The molecule has 1 heterocycles. The second kappa shape index (κ2) is 7.42. The Bertz CT molecular complexity index is 818. The van der Waals surface area contributed by atoms with E-state index in [1.54, 1.807) is 23.1 Å². The lowest BCUT2D eigenvalue weighted by molar-refractivity contribution is -0.113. The van der Waals surface area contributed by atoms with E-state index in [0.717, 1.165) is 34.7 Å². The minimum absolute atomic E-state index is 0.0462.